The molecule has 0 amide bonds. The van der Waals surface area contributed by atoms with E-state index < -0.39 is 3.79 Å². The summed E-state index contributed by atoms with van der Waals surface area (Å²) in [6.45, 7) is 1.64. The minimum absolute atomic E-state index is 0.117. The van der Waals surface area contributed by atoms with E-state index in [4.69, 9.17) is 44.3 Å². The first-order valence-electron chi connectivity index (χ1n) is 5.86. The summed E-state index contributed by atoms with van der Waals surface area (Å²) < 4.78 is 10.3. The molecular weight excluding hydrogens is 270 g/mol. The number of alkyl halides is 3. The first kappa shape index (κ1) is 13.2. The van der Waals surface area contributed by atoms with Gasteiger partial charge in [-0.05, 0) is 38.0 Å². The van der Waals surface area contributed by atoms with Gasteiger partial charge in [0.05, 0.1) is 12.2 Å². The van der Waals surface area contributed by atoms with Crippen LogP contribution in [-0.4, -0.2) is 29.2 Å². The molecule has 2 rings (SSSR count). The first-order valence-corrected chi connectivity index (χ1v) is 6.99. The van der Waals surface area contributed by atoms with Crippen molar-refractivity contribution in [3.05, 3.63) is 0 Å². The molecule has 0 bridgehead atoms. The van der Waals surface area contributed by atoms with Gasteiger partial charge in [0.15, 0.2) is 3.79 Å². The molecule has 94 valence electrons. The molecule has 0 aliphatic carbocycles. The second-order valence-corrected chi connectivity index (χ2v) is 7.12. The Morgan fingerprint density at radius 3 is 2.31 bits per heavy atom. The monoisotopic (exact) mass is 286 g/mol. The molecule has 2 saturated heterocycles. The van der Waals surface area contributed by atoms with Crippen molar-refractivity contribution in [3.8, 4) is 0 Å². The predicted molar refractivity (Wildman–Crippen MR) is 66.3 cm³/mol. The van der Waals surface area contributed by atoms with E-state index in [1.165, 1.54) is 0 Å². The molecule has 3 unspecified atom stereocenters. The number of halogens is 3. The summed E-state index contributed by atoms with van der Waals surface area (Å²) in [5.74, 6) is 0.310. The minimum Gasteiger partial charge on any atom is -0.376 e. The Bertz CT molecular complexity index is 224. The lowest BCUT2D eigenvalue weighted by molar-refractivity contribution is -0.102. The Balaban J connectivity index is 1.96. The van der Waals surface area contributed by atoms with E-state index in [1.807, 2.05) is 0 Å². The molecule has 0 saturated carbocycles. The topological polar surface area (TPSA) is 18.5 Å². The van der Waals surface area contributed by atoms with E-state index in [0.717, 1.165) is 38.9 Å². The van der Waals surface area contributed by atoms with Crippen LogP contribution in [0.15, 0.2) is 0 Å². The van der Waals surface area contributed by atoms with Gasteiger partial charge in [0.1, 0.15) is 0 Å². The van der Waals surface area contributed by atoms with Gasteiger partial charge < -0.3 is 9.47 Å². The minimum atomic E-state index is -1.18. The Kier molecular flexibility index (Phi) is 4.65. The summed E-state index contributed by atoms with van der Waals surface area (Å²) in [6.07, 6.45) is 5.19. The highest BCUT2D eigenvalue weighted by Gasteiger charge is 2.38. The van der Waals surface area contributed by atoms with Crippen LogP contribution in [0, 0.1) is 5.92 Å². The molecular formula is C11H17Cl3O2. The highest BCUT2D eigenvalue weighted by molar-refractivity contribution is 6.67. The zero-order valence-electron chi connectivity index (χ0n) is 9.13. The number of rotatable bonds is 2. The van der Waals surface area contributed by atoms with Gasteiger partial charge in [-0.2, -0.15) is 0 Å². The third-order valence-electron chi connectivity index (χ3n) is 3.32. The quantitative estimate of drug-likeness (QED) is 0.721. The second kappa shape index (κ2) is 5.62. The number of hydrogen-bond donors (Lipinski definition) is 0. The Morgan fingerprint density at radius 2 is 1.69 bits per heavy atom. The van der Waals surface area contributed by atoms with Gasteiger partial charge >= 0.3 is 0 Å². The van der Waals surface area contributed by atoms with E-state index in [1.54, 1.807) is 0 Å². The standard InChI is InChI=1S/C11H17Cl3O2/c12-11(13,14)7-8-3-1-6-16-10(8)9-4-2-5-15-9/h8-10H,1-7H2. The maximum Gasteiger partial charge on any atom is 0.191 e. The fraction of sp³-hybridized carbons (Fsp3) is 1.00. The smallest absolute Gasteiger partial charge is 0.191 e. The maximum atomic E-state index is 5.87. The van der Waals surface area contributed by atoms with E-state index >= 15 is 0 Å². The summed E-state index contributed by atoms with van der Waals surface area (Å²) in [6, 6.07) is 0. The molecule has 3 atom stereocenters. The zero-order chi connectivity index (χ0) is 11.6. The lowest BCUT2D eigenvalue weighted by atomic mass is 9.87. The van der Waals surface area contributed by atoms with Gasteiger partial charge in [0.2, 0.25) is 0 Å². The van der Waals surface area contributed by atoms with Gasteiger partial charge in [0.25, 0.3) is 0 Å². The molecule has 16 heavy (non-hydrogen) atoms. The van der Waals surface area contributed by atoms with Crippen LogP contribution in [0.1, 0.15) is 32.1 Å². The van der Waals surface area contributed by atoms with Gasteiger partial charge in [-0.3, -0.25) is 0 Å². The molecule has 2 fully saturated rings. The molecule has 2 nitrogen and oxygen atoms in total. The normalized spacial score (nSPS) is 36.6. The van der Waals surface area contributed by atoms with Crippen LogP contribution < -0.4 is 0 Å². The highest BCUT2D eigenvalue weighted by atomic mass is 35.6. The first-order chi connectivity index (χ1) is 7.56. The molecule has 2 aliphatic rings. The predicted octanol–water partition coefficient (Wildman–Crippen LogP) is 3.72. The fourth-order valence-corrected chi connectivity index (χ4v) is 3.25. The number of hydrogen-bond acceptors (Lipinski definition) is 2. The molecule has 0 aromatic heterocycles. The highest BCUT2D eigenvalue weighted by Crippen LogP contribution is 2.40. The van der Waals surface area contributed by atoms with Gasteiger partial charge in [0, 0.05) is 13.2 Å². The summed E-state index contributed by atoms with van der Waals surface area (Å²) in [4.78, 5) is 0. The lowest BCUT2D eigenvalue weighted by Crippen LogP contribution is -2.40. The maximum absolute atomic E-state index is 5.87. The summed E-state index contributed by atoms with van der Waals surface area (Å²) >= 11 is 17.6. The van der Waals surface area contributed by atoms with Crippen molar-refractivity contribution in [2.45, 2.75) is 48.1 Å². The largest absolute Gasteiger partial charge is 0.376 e. The van der Waals surface area contributed by atoms with Crippen LogP contribution >= 0.6 is 34.8 Å². The summed E-state index contributed by atoms with van der Waals surface area (Å²) in [5.41, 5.74) is 0. The fourth-order valence-electron chi connectivity index (χ4n) is 2.65. The van der Waals surface area contributed by atoms with E-state index in [9.17, 15) is 0 Å². The molecule has 0 N–H and O–H groups in total. The van der Waals surface area contributed by atoms with E-state index in [-0.39, 0.29) is 12.2 Å². The van der Waals surface area contributed by atoms with E-state index in [0.29, 0.717) is 12.3 Å². The average Bonchev–Trinajstić information content (AvgIpc) is 2.69. The number of ether oxygens (including phenoxy) is 2. The molecule has 2 heterocycles. The van der Waals surface area contributed by atoms with Gasteiger partial charge in [-0.15, -0.1) is 0 Å². The lowest BCUT2D eigenvalue weighted by Gasteiger charge is -2.36. The SMILES string of the molecule is ClC(Cl)(Cl)CC1CCCOC1C1CCCO1. The van der Waals surface area contributed by atoms with Crippen LogP contribution in [0.3, 0.4) is 0 Å². The van der Waals surface area contributed by atoms with Crippen molar-refractivity contribution >= 4 is 34.8 Å². The van der Waals surface area contributed by atoms with Crippen LogP contribution in [-0.2, 0) is 9.47 Å². The summed E-state index contributed by atoms with van der Waals surface area (Å²) in [7, 11) is 0. The molecule has 0 aromatic carbocycles. The van der Waals surface area contributed by atoms with Crippen LogP contribution in [0.2, 0.25) is 0 Å². The van der Waals surface area contributed by atoms with Crippen molar-refractivity contribution in [1.82, 2.24) is 0 Å². The van der Waals surface area contributed by atoms with Gasteiger partial charge in [-0.25, -0.2) is 0 Å². The van der Waals surface area contributed by atoms with Crippen molar-refractivity contribution in [2.24, 2.45) is 5.92 Å². The Hall–Kier alpha value is 0.790. The second-order valence-electron chi connectivity index (χ2n) is 4.61. The van der Waals surface area contributed by atoms with Crippen molar-refractivity contribution in [2.75, 3.05) is 13.2 Å². The molecule has 0 radical (unpaired) electrons. The summed E-state index contributed by atoms with van der Waals surface area (Å²) in [5, 5.41) is 0. The van der Waals surface area contributed by atoms with Crippen LogP contribution in [0.5, 0.6) is 0 Å². The van der Waals surface area contributed by atoms with Crippen LogP contribution in [0.4, 0.5) is 0 Å². The molecule has 2 aliphatic heterocycles. The Labute approximate surface area is 112 Å². The van der Waals surface area contributed by atoms with E-state index in [2.05, 4.69) is 0 Å². The van der Waals surface area contributed by atoms with Crippen molar-refractivity contribution < 1.29 is 9.47 Å². The van der Waals surface area contributed by atoms with Crippen LogP contribution in [0.25, 0.3) is 0 Å². The molecule has 5 heteroatoms. The third kappa shape index (κ3) is 3.64. The third-order valence-corrected chi connectivity index (χ3v) is 3.78. The van der Waals surface area contributed by atoms with Crippen molar-refractivity contribution in [3.63, 3.8) is 0 Å². The van der Waals surface area contributed by atoms with Crippen molar-refractivity contribution in [1.29, 1.82) is 0 Å². The molecule has 0 spiro atoms. The molecule has 0 aromatic rings. The van der Waals surface area contributed by atoms with Gasteiger partial charge in [-0.1, -0.05) is 34.8 Å². The average molecular weight is 288 g/mol. The zero-order valence-corrected chi connectivity index (χ0v) is 11.4. The Morgan fingerprint density at radius 1 is 1.00 bits per heavy atom.